The molecule has 0 saturated carbocycles. The zero-order valence-corrected chi connectivity index (χ0v) is 39.8. The van der Waals surface area contributed by atoms with E-state index in [1.54, 1.807) is 0 Å². The highest BCUT2D eigenvalue weighted by molar-refractivity contribution is 5.71. The lowest BCUT2D eigenvalue weighted by Gasteiger charge is -2.18. The Hall–Kier alpha value is -1.85. The molecule has 59 heavy (non-hydrogen) atoms. The van der Waals surface area contributed by atoms with Crippen molar-refractivity contribution in [2.75, 3.05) is 13.2 Å². The number of carbonyl (C=O) groups excluding carboxylic acids is 3. The Balaban J connectivity index is 4.33. The van der Waals surface area contributed by atoms with Crippen molar-refractivity contribution in [1.82, 2.24) is 0 Å². The molecular weight excluding hydrogens is 733 g/mol. The quantitative estimate of drug-likeness (QED) is 0.0263. The highest BCUT2D eigenvalue weighted by Crippen LogP contribution is 2.16. The van der Waals surface area contributed by atoms with E-state index in [9.17, 15) is 14.4 Å². The molecule has 6 heteroatoms. The maximum Gasteiger partial charge on any atom is 0.306 e. The Morgan fingerprint density at radius 1 is 0.322 bits per heavy atom. The van der Waals surface area contributed by atoms with Crippen LogP contribution in [0.5, 0.6) is 0 Å². The van der Waals surface area contributed by atoms with Gasteiger partial charge in [0.2, 0.25) is 0 Å². The number of esters is 3. The lowest BCUT2D eigenvalue weighted by molar-refractivity contribution is -0.167. The van der Waals surface area contributed by atoms with E-state index >= 15 is 0 Å². The average Bonchev–Trinajstić information content (AvgIpc) is 3.23. The minimum Gasteiger partial charge on any atom is -0.462 e. The zero-order valence-electron chi connectivity index (χ0n) is 39.8. The van der Waals surface area contributed by atoms with Gasteiger partial charge in [-0.25, -0.2) is 0 Å². The number of hydrogen-bond donors (Lipinski definition) is 0. The van der Waals surface area contributed by atoms with Crippen molar-refractivity contribution in [3.63, 3.8) is 0 Å². The van der Waals surface area contributed by atoms with Crippen molar-refractivity contribution in [3.05, 3.63) is 12.2 Å². The third-order valence-corrected chi connectivity index (χ3v) is 11.8. The highest BCUT2D eigenvalue weighted by Gasteiger charge is 2.19. The molecule has 0 radical (unpaired) electrons. The van der Waals surface area contributed by atoms with Crippen LogP contribution in [0.3, 0.4) is 0 Å². The van der Waals surface area contributed by atoms with Crippen LogP contribution in [0.4, 0.5) is 0 Å². The smallest absolute Gasteiger partial charge is 0.306 e. The van der Waals surface area contributed by atoms with E-state index < -0.39 is 6.10 Å². The van der Waals surface area contributed by atoms with E-state index in [-0.39, 0.29) is 31.1 Å². The van der Waals surface area contributed by atoms with Crippen LogP contribution >= 0.6 is 0 Å². The molecule has 0 aromatic heterocycles. The first kappa shape index (κ1) is 57.1. The van der Waals surface area contributed by atoms with Gasteiger partial charge in [0.15, 0.2) is 6.10 Å². The summed E-state index contributed by atoms with van der Waals surface area (Å²) in [5.74, 6) is -0.869. The van der Waals surface area contributed by atoms with Crippen LogP contribution in [-0.4, -0.2) is 37.2 Å². The molecule has 0 aromatic rings. The Bertz CT molecular complexity index is 916. The summed E-state index contributed by atoms with van der Waals surface area (Å²) in [6.07, 6.45) is 53.3. The summed E-state index contributed by atoms with van der Waals surface area (Å²) in [5.41, 5.74) is 0. The summed E-state index contributed by atoms with van der Waals surface area (Å²) in [4.78, 5) is 37.9. The van der Waals surface area contributed by atoms with Crippen molar-refractivity contribution in [2.45, 2.75) is 297 Å². The normalized spacial score (nSPS) is 12.0. The molecule has 0 amide bonds. The van der Waals surface area contributed by atoms with Gasteiger partial charge in [-0.05, 0) is 44.9 Å². The summed E-state index contributed by atoms with van der Waals surface area (Å²) in [7, 11) is 0. The second-order valence-corrected chi connectivity index (χ2v) is 17.8. The largest absolute Gasteiger partial charge is 0.462 e. The SMILES string of the molecule is CCCCCCCC/C=C\CCCCCC(=O)OC(COC(=O)CCCCCCCCCCCCCCC)COC(=O)CCCCCCCCCCCCCCCCC. The van der Waals surface area contributed by atoms with Gasteiger partial charge in [-0.1, -0.05) is 238 Å². The molecular formula is C53H100O6. The molecule has 0 N–H and O–H groups in total. The standard InChI is InChI=1S/C53H100O6/c1-4-7-10-13-16-19-22-25-26-29-31-34-37-40-43-46-52(55)58-49-50(59-53(56)47-44-41-38-35-32-28-24-21-18-15-12-9-6-3)48-57-51(54)45-42-39-36-33-30-27-23-20-17-14-11-8-5-2/h28,32,50H,4-27,29-31,33-49H2,1-3H3/b32-28-. The number of allylic oxidation sites excluding steroid dienone is 2. The van der Waals surface area contributed by atoms with Gasteiger partial charge in [0, 0.05) is 19.3 Å². The number of unbranched alkanes of at least 4 members (excludes halogenated alkanes) is 35. The lowest BCUT2D eigenvalue weighted by atomic mass is 10.0. The highest BCUT2D eigenvalue weighted by atomic mass is 16.6. The van der Waals surface area contributed by atoms with Crippen LogP contribution in [0, 0.1) is 0 Å². The molecule has 0 aromatic carbocycles. The molecule has 0 spiro atoms. The number of ether oxygens (including phenoxy) is 3. The second kappa shape index (κ2) is 48.8. The summed E-state index contributed by atoms with van der Waals surface area (Å²) >= 11 is 0. The molecule has 1 unspecified atom stereocenters. The molecule has 1 atom stereocenters. The molecule has 0 aliphatic carbocycles. The van der Waals surface area contributed by atoms with E-state index in [0.29, 0.717) is 19.3 Å². The minimum absolute atomic E-state index is 0.0707. The van der Waals surface area contributed by atoms with Crippen molar-refractivity contribution in [3.8, 4) is 0 Å². The minimum atomic E-state index is -0.770. The van der Waals surface area contributed by atoms with E-state index in [1.807, 2.05) is 0 Å². The summed E-state index contributed by atoms with van der Waals surface area (Å²) < 4.78 is 16.8. The second-order valence-electron chi connectivity index (χ2n) is 17.8. The fourth-order valence-corrected chi connectivity index (χ4v) is 7.79. The van der Waals surface area contributed by atoms with Crippen LogP contribution in [0.2, 0.25) is 0 Å². The first-order chi connectivity index (χ1) is 29.0. The van der Waals surface area contributed by atoms with E-state index in [4.69, 9.17) is 14.2 Å². The Kier molecular flexibility index (Phi) is 47.3. The molecule has 0 bridgehead atoms. The summed E-state index contributed by atoms with van der Waals surface area (Å²) in [5, 5.41) is 0. The lowest BCUT2D eigenvalue weighted by Crippen LogP contribution is -2.30. The monoisotopic (exact) mass is 833 g/mol. The first-order valence-electron chi connectivity index (χ1n) is 26.2. The summed E-state index contributed by atoms with van der Waals surface area (Å²) in [6, 6.07) is 0. The van der Waals surface area contributed by atoms with Crippen LogP contribution in [-0.2, 0) is 28.6 Å². The maximum atomic E-state index is 12.8. The van der Waals surface area contributed by atoms with Crippen LogP contribution < -0.4 is 0 Å². The van der Waals surface area contributed by atoms with Gasteiger partial charge < -0.3 is 14.2 Å². The fraction of sp³-hybridized carbons (Fsp3) is 0.906. The average molecular weight is 833 g/mol. The predicted octanol–water partition coefficient (Wildman–Crippen LogP) is 17.0. The Morgan fingerprint density at radius 2 is 0.559 bits per heavy atom. The molecule has 0 aliphatic rings. The van der Waals surface area contributed by atoms with E-state index in [0.717, 1.165) is 70.6 Å². The van der Waals surface area contributed by atoms with Gasteiger partial charge in [0.05, 0.1) is 0 Å². The molecule has 0 rings (SSSR count). The Labute approximate surface area is 367 Å². The van der Waals surface area contributed by atoms with Crippen molar-refractivity contribution < 1.29 is 28.6 Å². The number of rotatable bonds is 48. The molecule has 348 valence electrons. The van der Waals surface area contributed by atoms with Gasteiger partial charge in [0.25, 0.3) is 0 Å². The van der Waals surface area contributed by atoms with Crippen LogP contribution in [0.25, 0.3) is 0 Å². The molecule has 0 heterocycles. The van der Waals surface area contributed by atoms with Gasteiger partial charge in [0.1, 0.15) is 13.2 Å². The van der Waals surface area contributed by atoms with Crippen LogP contribution in [0.15, 0.2) is 12.2 Å². The van der Waals surface area contributed by atoms with Crippen molar-refractivity contribution >= 4 is 17.9 Å². The molecule has 0 aliphatic heterocycles. The number of hydrogen-bond acceptors (Lipinski definition) is 6. The topological polar surface area (TPSA) is 78.9 Å². The van der Waals surface area contributed by atoms with Gasteiger partial charge in [-0.3, -0.25) is 14.4 Å². The van der Waals surface area contributed by atoms with Crippen molar-refractivity contribution in [2.24, 2.45) is 0 Å². The van der Waals surface area contributed by atoms with E-state index in [1.165, 1.54) is 180 Å². The zero-order chi connectivity index (χ0) is 43.0. The third kappa shape index (κ3) is 47.1. The summed E-state index contributed by atoms with van der Waals surface area (Å²) in [6.45, 7) is 6.65. The van der Waals surface area contributed by atoms with Gasteiger partial charge >= 0.3 is 17.9 Å². The molecule has 0 saturated heterocycles. The van der Waals surface area contributed by atoms with E-state index in [2.05, 4.69) is 32.9 Å². The van der Waals surface area contributed by atoms with Gasteiger partial charge in [-0.15, -0.1) is 0 Å². The van der Waals surface area contributed by atoms with Crippen molar-refractivity contribution in [1.29, 1.82) is 0 Å². The Morgan fingerprint density at radius 3 is 0.864 bits per heavy atom. The van der Waals surface area contributed by atoms with Gasteiger partial charge in [-0.2, -0.15) is 0 Å². The molecule has 6 nitrogen and oxygen atoms in total. The maximum absolute atomic E-state index is 12.8. The third-order valence-electron chi connectivity index (χ3n) is 11.8. The molecule has 0 fully saturated rings. The number of carbonyl (C=O) groups is 3. The van der Waals surface area contributed by atoms with Crippen LogP contribution in [0.1, 0.15) is 290 Å². The predicted molar refractivity (Wildman–Crippen MR) is 252 cm³/mol. The first-order valence-corrected chi connectivity index (χ1v) is 26.2. The fourth-order valence-electron chi connectivity index (χ4n) is 7.79.